The molecule has 0 aliphatic heterocycles. The Kier molecular flexibility index (Phi) is 6.27. The molecule has 1 amide bonds. The number of amides is 1. The third-order valence-corrected chi connectivity index (χ3v) is 3.09. The predicted molar refractivity (Wildman–Crippen MR) is 73.8 cm³/mol. The summed E-state index contributed by atoms with van der Waals surface area (Å²) in [7, 11) is 0. The standard InChI is InChI=1S/C15H19F2NO3/c1-10(2)18(7-3-4-15(20)21)14(19)8-11-5-6-12(16)9-13(11)17/h5-6,9-10H,3-4,7-8H2,1-2H3,(H,20,21). The molecule has 0 unspecified atom stereocenters. The van der Waals surface area contributed by atoms with E-state index in [-0.39, 0.29) is 30.4 Å². The number of rotatable bonds is 7. The summed E-state index contributed by atoms with van der Waals surface area (Å²) >= 11 is 0. The highest BCUT2D eigenvalue weighted by Gasteiger charge is 2.19. The van der Waals surface area contributed by atoms with E-state index in [1.54, 1.807) is 13.8 Å². The molecule has 0 fully saturated rings. The predicted octanol–water partition coefficient (Wildman–Crippen LogP) is 2.61. The lowest BCUT2D eigenvalue weighted by molar-refractivity contribution is -0.138. The second-order valence-electron chi connectivity index (χ2n) is 5.09. The number of hydrogen-bond acceptors (Lipinski definition) is 2. The van der Waals surface area contributed by atoms with Crippen LogP contribution in [0.15, 0.2) is 18.2 Å². The molecule has 1 rings (SSSR count). The summed E-state index contributed by atoms with van der Waals surface area (Å²) in [6.07, 6.45) is 0.143. The Hall–Kier alpha value is -1.98. The van der Waals surface area contributed by atoms with Crippen molar-refractivity contribution in [3.63, 3.8) is 0 Å². The molecule has 0 heterocycles. The van der Waals surface area contributed by atoms with Gasteiger partial charge in [-0.3, -0.25) is 9.59 Å². The maximum Gasteiger partial charge on any atom is 0.303 e. The van der Waals surface area contributed by atoms with Gasteiger partial charge in [-0.05, 0) is 31.9 Å². The third kappa shape index (κ3) is 5.49. The lowest BCUT2D eigenvalue weighted by atomic mass is 10.1. The molecule has 116 valence electrons. The molecule has 0 saturated heterocycles. The maximum absolute atomic E-state index is 13.5. The van der Waals surface area contributed by atoms with Crippen LogP contribution in [0.3, 0.4) is 0 Å². The van der Waals surface area contributed by atoms with Gasteiger partial charge in [0.2, 0.25) is 5.91 Å². The topological polar surface area (TPSA) is 57.6 Å². The molecule has 6 heteroatoms. The van der Waals surface area contributed by atoms with E-state index in [0.29, 0.717) is 13.0 Å². The Bertz CT molecular complexity index is 518. The van der Waals surface area contributed by atoms with Crippen LogP contribution in [0.5, 0.6) is 0 Å². The number of carbonyl (C=O) groups excluding carboxylic acids is 1. The maximum atomic E-state index is 13.5. The van der Waals surface area contributed by atoms with Gasteiger partial charge in [0.05, 0.1) is 6.42 Å². The van der Waals surface area contributed by atoms with Crippen molar-refractivity contribution in [2.75, 3.05) is 6.54 Å². The quantitative estimate of drug-likeness (QED) is 0.842. The first-order valence-corrected chi connectivity index (χ1v) is 6.76. The van der Waals surface area contributed by atoms with Crippen molar-refractivity contribution in [2.45, 2.75) is 39.2 Å². The third-order valence-electron chi connectivity index (χ3n) is 3.09. The number of benzene rings is 1. The zero-order valence-electron chi connectivity index (χ0n) is 12.1. The van der Waals surface area contributed by atoms with E-state index in [9.17, 15) is 18.4 Å². The largest absolute Gasteiger partial charge is 0.481 e. The van der Waals surface area contributed by atoms with E-state index < -0.39 is 17.6 Å². The average Bonchev–Trinajstić information content (AvgIpc) is 2.37. The van der Waals surface area contributed by atoms with Crippen LogP contribution < -0.4 is 0 Å². The van der Waals surface area contributed by atoms with E-state index in [4.69, 9.17) is 5.11 Å². The molecule has 21 heavy (non-hydrogen) atoms. The number of carboxylic acids is 1. The highest BCUT2D eigenvalue weighted by molar-refractivity contribution is 5.79. The summed E-state index contributed by atoms with van der Waals surface area (Å²) in [5, 5.41) is 8.61. The molecule has 0 aliphatic carbocycles. The molecule has 0 saturated carbocycles. The van der Waals surface area contributed by atoms with Crippen molar-refractivity contribution >= 4 is 11.9 Å². The molecule has 0 aliphatic rings. The van der Waals surface area contributed by atoms with Gasteiger partial charge in [0.1, 0.15) is 11.6 Å². The van der Waals surface area contributed by atoms with Gasteiger partial charge in [-0.2, -0.15) is 0 Å². The SMILES string of the molecule is CC(C)N(CCCC(=O)O)C(=O)Cc1ccc(F)cc1F. The summed E-state index contributed by atoms with van der Waals surface area (Å²) in [5.41, 5.74) is 0.130. The van der Waals surface area contributed by atoms with Gasteiger partial charge in [0, 0.05) is 25.1 Å². The highest BCUT2D eigenvalue weighted by Crippen LogP contribution is 2.13. The van der Waals surface area contributed by atoms with Gasteiger partial charge in [-0.1, -0.05) is 6.07 Å². The van der Waals surface area contributed by atoms with Gasteiger partial charge in [-0.25, -0.2) is 8.78 Å². The van der Waals surface area contributed by atoms with E-state index in [2.05, 4.69) is 0 Å². The normalized spacial score (nSPS) is 10.7. The van der Waals surface area contributed by atoms with E-state index >= 15 is 0 Å². The van der Waals surface area contributed by atoms with E-state index in [0.717, 1.165) is 12.1 Å². The molecular formula is C15H19F2NO3. The number of halogens is 2. The van der Waals surface area contributed by atoms with Crippen LogP contribution in [-0.2, 0) is 16.0 Å². The van der Waals surface area contributed by atoms with Crippen LogP contribution in [0.1, 0.15) is 32.3 Å². The minimum Gasteiger partial charge on any atom is -0.481 e. The van der Waals surface area contributed by atoms with Crippen LogP contribution >= 0.6 is 0 Å². The molecule has 4 nitrogen and oxygen atoms in total. The number of carboxylic acid groups (broad SMARTS) is 1. The smallest absolute Gasteiger partial charge is 0.303 e. The van der Waals surface area contributed by atoms with Crippen LogP contribution in [0.4, 0.5) is 8.78 Å². The van der Waals surface area contributed by atoms with Crippen molar-refractivity contribution in [2.24, 2.45) is 0 Å². The van der Waals surface area contributed by atoms with Crippen molar-refractivity contribution in [1.29, 1.82) is 0 Å². The zero-order chi connectivity index (χ0) is 16.0. The Balaban J connectivity index is 2.70. The number of hydrogen-bond donors (Lipinski definition) is 1. The van der Waals surface area contributed by atoms with Crippen molar-refractivity contribution in [3.05, 3.63) is 35.4 Å². The first-order valence-electron chi connectivity index (χ1n) is 6.76. The number of nitrogens with zero attached hydrogens (tertiary/aromatic N) is 1. The summed E-state index contributed by atoms with van der Waals surface area (Å²) in [5.74, 6) is -2.67. The molecule has 0 atom stereocenters. The second kappa shape index (κ2) is 7.71. The highest BCUT2D eigenvalue weighted by atomic mass is 19.1. The van der Waals surface area contributed by atoms with Gasteiger partial charge in [0.25, 0.3) is 0 Å². The van der Waals surface area contributed by atoms with Gasteiger partial charge in [0.15, 0.2) is 0 Å². The fourth-order valence-electron chi connectivity index (χ4n) is 2.00. The summed E-state index contributed by atoms with van der Waals surface area (Å²) < 4.78 is 26.4. The van der Waals surface area contributed by atoms with Crippen LogP contribution in [-0.4, -0.2) is 34.5 Å². The van der Waals surface area contributed by atoms with Gasteiger partial charge < -0.3 is 10.0 Å². The average molecular weight is 299 g/mol. The zero-order valence-corrected chi connectivity index (χ0v) is 12.1. The second-order valence-corrected chi connectivity index (χ2v) is 5.09. The molecule has 0 aromatic heterocycles. The minimum absolute atomic E-state index is 0.0264. The van der Waals surface area contributed by atoms with Crippen molar-refractivity contribution in [1.82, 2.24) is 4.90 Å². The Morgan fingerprint density at radius 3 is 2.48 bits per heavy atom. The fourth-order valence-corrected chi connectivity index (χ4v) is 2.00. The molecule has 0 spiro atoms. The number of carbonyl (C=O) groups is 2. The molecule has 0 bridgehead atoms. The van der Waals surface area contributed by atoms with Crippen molar-refractivity contribution in [3.8, 4) is 0 Å². The summed E-state index contributed by atoms with van der Waals surface area (Å²) in [6.45, 7) is 3.91. The van der Waals surface area contributed by atoms with Gasteiger partial charge in [-0.15, -0.1) is 0 Å². The first-order chi connectivity index (χ1) is 9.81. The Labute approximate surface area is 122 Å². The van der Waals surface area contributed by atoms with E-state index in [1.807, 2.05) is 0 Å². The molecular weight excluding hydrogens is 280 g/mol. The minimum atomic E-state index is -0.921. The molecule has 0 radical (unpaired) electrons. The fraction of sp³-hybridized carbons (Fsp3) is 0.467. The molecule has 1 N–H and O–H groups in total. The lowest BCUT2D eigenvalue weighted by Crippen LogP contribution is -2.39. The summed E-state index contributed by atoms with van der Waals surface area (Å²) in [6, 6.07) is 2.98. The number of aliphatic carboxylic acids is 1. The van der Waals surface area contributed by atoms with E-state index in [1.165, 1.54) is 11.0 Å². The van der Waals surface area contributed by atoms with Gasteiger partial charge >= 0.3 is 5.97 Å². The Morgan fingerprint density at radius 2 is 1.95 bits per heavy atom. The first kappa shape index (κ1) is 17.1. The lowest BCUT2D eigenvalue weighted by Gasteiger charge is -2.26. The van der Waals surface area contributed by atoms with Crippen LogP contribution in [0, 0.1) is 11.6 Å². The monoisotopic (exact) mass is 299 g/mol. The van der Waals surface area contributed by atoms with Crippen LogP contribution in [0.2, 0.25) is 0 Å². The Morgan fingerprint density at radius 1 is 1.29 bits per heavy atom. The summed E-state index contributed by atoms with van der Waals surface area (Å²) in [4.78, 5) is 24.2. The van der Waals surface area contributed by atoms with Crippen molar-refractivity contribution < 1.29 is 23.5 Å². The molecule has 1 aromatic carbocycles. The van der Waals surface area contributed by atoms with Crippen LogP contribution in [0.25, 0.3) is 0 Å². The molecule has 1 aromatic rings.